The number of sulfonamides is 1. The van der Waals surface area contributed by atoms with Gasteiger partial charge in [0.1, 0.15) is 5.70 Å². The second-order valence-corrected chi connectivity index (χ2v) is 8.23. The van der Waals surface area contributed by atoms with E-state index in [9.17, 15) is 18.0 Å². The van der Waals surface area contributed by atoms with Gasteiger partial charge >= 0.3 is 11.9 Å². The summed E-state index contributed by atoms with van der Waals surface area (Å²) in [5, 5.41) is 7.37. The summed E-state index contributed by atoms with van der Waals surface area (Å²) >= 11 is 5.66. The molecule has 2 heterocycles. The Morgan fingerprint density at radius 2 is 1.66 bits per heavy atom. The van der Waals surface area contributed by atoms with Crippen LogP contribution < -0.4 is 9.62 Å². The van der Waals surface area contributed by atoms with Gasteiger partial charge in [-0.25, -0.2) is 18.0 Å². The summed E-state index contributed by atoms with van der Waals surface area (Å²) < 4.78 is 37.2. The smallest absolute Gasteiger partial charge is 0.355 e. The van der Waals surface area contributed by atoms with Gasteiger partial charge in [-0.15, -0.1) is 10.2 Å². The number of carbonyl (C=O) groups is 2. The molecular formula is C20H17ClN4O6S. The third-order valence-electron chi connectivity index (χ3n) is 4.19. The molecule has 0 amide bonds. The number of rotatable bonds is 6. The van der Waals surface area contributed by atoms with E-state index >= 15 is 0 Å². The van der Waals surface area contributed by atoms with Crippen LogP contribution in [0.4, 0.5) is 11.5 Å². The lowest BCUT2D eigenvalue weighted by atomic mass is 10.1. The first-order valence-corrected chi connectivity index (χ1v) is 10.8. The lowest BCUT2D eigenvalue weighted by Crippen LogP contribution is -2.27. The molecule has 166 valence electrons. The van der Waals surface area contributed by atoms with Crippen molar-refractivity contribution in [3.05, 3.63) is 77.2 Å². The molecule has 1 N–H and O–H groups in total. The van der Waals surface area contributed by atoms with E-state index < -0.39 is 22.0 Å². The summed E-state index contributed by atoms with van der Waals surface area (Å²) in [7, 11) is -1.59. The molecule has 1 aromatic carbocycles. The van der Waals surface area contributed by atoms with Crippen molar-refractivity contribution in [2.45, 2.75) is 4.90 Å². The highest BCUT2D eigenvalue weighted by molar-refractivity contribution is 7.92. The van der Waals surface area contributed by atoms with Crippen molar-refractivity contribution in [3.63, 3.8) is 0 Å². The Balaban J connectivity index is 1.96. The minimum Gasteiger partial charge on any atom is -0.465 e. The number of esters is 2. The van der Waals surface area contributed by atoms with Gasteiger partial charge in [0.25, 0.3) is 10.0 Å². The van der Waals surface area contributed by atoms with Crippen LogP contribution in [0, 0.1) is 0 Å². The maximum atomic E-state index is 12.6. The first kappa shape index (κ1) is 23.0. The maximum Gasteiger partial charge on any atom is 0.355 e. The standard InChI is InChI=1S/C20H17ClN4O6S/c1-30-19(26)15-5-3-4-12-25(18(15)20(27)31-2)13-6-8-14(9-7-13)32(28,29)24-17-11-10-16(21)22-23-17/h3-12H,1-2H3,(H,23,24). The third kappa shape index (κ3) is 4.95. The number of aromatic nitrogens is 2. The average Bonchev–Trinajstić information content (AvgIpc) is 3.02. The Kier molecular flexibility index (Phi) is 6.91. The van der Waals surface area contributed by atoms with Crippen LogP contribution in [0.3, 0.4) is 0 Å². The van der Waals surface area contributed by atoms with Crippen molar-refractivity contribution in [2.24, 2.45) is 0 Å². The number of anilines is 2. The normalized spacial score (nSPS) is 13.5. The molecule has 32 heavy (non-hydrogen) atoms. The molecule has 2 aromatic rings. The Morgan fingerprint density at radius 3 is 2.25 bits per heavy atom. The van der Waals surface area contributed by atoms with Gasteiger partial charge in [-0.3, -0.25) is 4.72 Å². The zero-order chi connectivity index (χ0) is 23.3. The molecule has 0 bridgehead atoms. The number of ether oxygens (including phenoxy) is 2. The van der Waals surface area contributed by atoms with Crippen LogP contribution in [-0.4, -0.2) is 44.8 Å². The van der Waals surface area contributed by atoms with E-state index in [2.05, 4.69) is 14.9 Å². The number of hydrogen-bond donors (Lipinski definition) is 1. The molecule has 12 heteroatoms. The summed E-state index contributed by atoms with van der Waals surface area (Å²) in [6.07, 6.45) is 6.11. The fraction of sp³-hybridized carbons (Fsp3) is 0.100. The van der Waals surface area contributed by atoms with Gasteiger partial charge in [-0.2, -0.15) is 0 Å². The number of allylic oxidation sites excluding steroid dienone is 2. The number of methoxy groups -OCH3 is 2. The fourth-order valence-electron chi connectivity index (χ4n) is 2.72. The van der Waals surface area contributed by atoms with E-state index in [0.717, 1.165) is 0 Å². The van der Waals surface area contributed by atoms with Crippen molar-refractivity contribution in [3.8, 4) is 0 Å². The quantitative estimate of drug-likeness (QED) is 0.625. The summed E-state index contributed by atoms with van der Waals surface area (Å²) in [6, 6.07) is 8.37. The van der Waals surface area contributed by atoms with Crippen molar-refractivity contribution in [1.29, 1.82) is 0 Å². The Morgan fingerprint density at radius 1 is 0.969 bits per heavy atom. The van der Waals surface area contributed by atoms with Crippen molar-refractivity contribution < 1.29 is 27.5 Å². The number of halogens is 1. The molecule has 0 saturated carbocycles. The van der Waals surface area contributed by atoms with Crippen LogP contribution in [0.15, 0.2) is 77.0 Å². The Hall–Kier alpha value is -3.70. The molecule has 3 rings (SSSR count). The van der Waals surface area contributed by atoms with Crippen molar-refractivity contribution >= 4 is 45.1 Å². The first-order chi connectivity index (χ1) is 15.3. The zero-order valence-electron chi connectivity index (χ0n) is 16.9. The predicted octanol–water partition coefficient (Wildman–Crippen LogP) is 2.42. The van der Waals surface area contributed by atoms with Crippen LogP contribution in [0.1, 0.15) is 0 Å². The number of carbonyl (C=O) groups excluding carboxylic acids is 2. The predicted molar refractivity (Wildman–Crippen MR) is 116 cm³/mol. The summed E-state index contributed by atoms with van der Waals surface area (Å²) in [5.74, 6) is -1.51. The minimum absolute atomic E-state index is 0.00127. The van der Waals surface area contributed by atoms with E-state index in [1.807, 2.05) is 0 Å². The van der Waals surface area contributed by atoms with E-state index in [0.29, 0.717) is 5.69 Å². The van der Waals surface area contributed by atoms with E-state index in [1.165, 1.54) is 67.8 Å². The largest absolute Gasteiger partial charge is 0.465 e. The van der Waals surface area contributed by atoms with Crippen LogP contribution in [0.25, 0.3) is 0 Å². The highest BCUT2D eigenvalue weighted by Gasteiger charge is 2.27. The van der Waals surface area contributed by atoms with Crippen LogP contribution in [0.2, 0.25) is 5.15 Å². The second-order valence-electron chi connectivity index (χ2n) is 6.16. The van der Waals surface area contributed by atoms with Crippen LogP contribution in [0.5, 0.6) is 0 Å². The molecule has 1 aliphatic heterocycles. The lowest BCUT2D eigenvalue weighted by molar-refractivity contribution is -0.139. The van der Waals surface area contributed by atoms with Gasteiger partial charge < -0.3 is 14.4 Å². The van der Waals surface area contributed by atoms with Crippen LogP contribution in [-0.2, 0) is 29.1 Å². The third-order valence-corrected chi connectivity index (χ3v) is 5.76. The SMILES string of the molecule is COC(=O)C1=C(C(=O)OC)N(c2ccc(S(=O)(=O)Nc3ccc(Cl)nn3)cc2)C=CC=C1. The van der Waals surface area contributed by atoms with Crippen molar-refractivity contribution in [2.75, 3.05) is 23.8 Å². The molecule has 0 aliphatic carbocycles. The van der Waals surface area contributed by atoms with Gasteiger partial charge in [-0.05, 0) is 48.6 Å². The van der Waals surface area contributed by atoms with E-state index in [-0.39, 0.29) is 27.1 Å². The summed E-state index contributed by atoms with van der Waals surface area (Å²) in [6.45, 7) is 0. The number of nitrogens with zero attached hydrogens (tertiary/aromatic N) is 3. The first-order valence-electron chi connectivity index (χ1n) is 8.94. The molecule has 1 aromatic heterocycles. The fourth-order valence-corrected chi connectivity index (χ4v) is 3.82. The molecule has 0 saturated heterocycles. The van der Waals surface area contributed by atoms with Crippen molar-refractivity contribution in [1.82, 2.24) is 10.2 Å². The van der Waals surface area contributed by atoms with Gasteiger partial charge in [-0.1, -0.05) is 17.7 Å². The highest BCUT2D eigenvalue weighted by atomic mass is 35.5. The lowest BCUT2D eigenvalue weighted by Gasteiger charge is -2.23. The molecule has 0 fully saturated rings. The molecule has 0 unspecified atom stereocenters. The number of hydrogen-bond acceptors (Lipinski definition) is 9. The van der Waals surface area contributed by atoms with Gasteiger partial charge in [0.15, 0.2) is 11.0 Å². The number of benzene rings is 1. The van der Waals surface area contributed by atoms with E-state index in [4.69, 9.17) is 21.1 Å². The average molecular weight is 477 g/mol. The maximum absolute atomic E-state index is 12.6. The molecule has 10 nitrogen and oxygen atoms in total. The Bertz CT molecular complexity index is 1220. The zero-order valence-corrected chi connectivity index (χ0v) is 18.4. The molecule has 0 radical (unpaired) electrons. The highest BCUT2D eigenvalue weighted by Crippen LogP contribution is 2.27. The van der Waals surface area contributed by atoms with E-state index in [1.54, 1.807) is 12.2 Å². The molecule has 1 aliphatic rings. The number of nitrogens with one attached hydrogen (secondary N) is 1. The Labute approximate surface area is 188 Å². The van der Waals surface area contributed by atoms with Gasteiger partial charge in [0.05, 0.1) is 24.7 Å². The topological polar surface area (TPSA) is 128 Å². The monoisotopic (exact) mass is 476 g/mol. The summed E-state index contributed by atoms with van der Waals surface area (Å²) in [5.41, 5.74) is 0.288. The molecule has 0 spiro atoms. The van der Waals surface area contributed by atoms with Gasteiger partial charge in [0.2, 0.25) is 0 Å². The minimum atomic E-state index is -3.97. The van der Waals surface area contributed by atoms with Crippen LogP contribution >= 0.6 is 11.6 Å². The summed E-state index contributed by atoms with van der Waals surface area (Å²) in [4.78, 5) is 26.0. The second kappa shape index (κ2) is 9.62. The molecular weight excluding hydrogens is 460 g/mol. The molecule has 0 atom stereocenters. The van der Waals surface area contributed by atoms with Gasteiger partial charge in [0, 0.05) is 11.9 Å².